The van der Waals surface area contributed by atoms with Crippen LogP contribution in [0.25, 0.3) is 0 Å². The van der Waals surface area contributed by atoms with Crippen LogP contribution in [0.2, 0.25) is 5.15 Å². The molecule has 0 aliphatic heterocycles. The van der Waals surface area contributed by atoms with Crippen molar-refractivity contribution in [2.75, 3.05) is 5.32 Å². The lowest BCUT2D eigenvalue weighted by atomic mass is 10.2. The van der Waals surface area contributed by atoms with Crippen LogP contribution in [0.1, 0.15) is 18.9 Å². The quantitative estimate of drug-likeness (QED) is 0.850. The third kappa shape index (κ3) is 2.76. The van der Waals surface area contributed by atoms with Crippen LogP contribution in [0.4, 0.5) is 15.9 Å². The second-order valence-corrected chi connectivity index (χ2v) is 4.20. The zero-order valence-corrected chi connectivity index (χ0v) is 10.7. The number of rotatable bonds is 4. The van der Waals surface area contributed by atoms with Crippen molar-refractivity contribution in [1.82, 2.24) is 9.97 Å². The predicted molar refractivity (Wildman–Crippen MR) is 70.7 cm³/mol. The number of hydrogen-bond donors (Lipinski definition) is 1. The highest BCUT2D eigenvalue weighted by molar-refractivity contribution is 6.30. The van der Waals surface area contributed by atoms with E-state index < -0.39 is 0 Å². The van der Waals surface area contributed by atoms with Gasteiger partial charge in [-0.3, -0.25) is 0 Å². The number of benzene rings is 1. The van der Waals surface area contributed by atoms with Crippen LogP contribution in [0.5, 0.6) is 0 Å². The molecule has 2 rings (SSSR count). The molecule has 0 aliphatic rings. The van der Waals surface area contributed by atoms with E-state index in [1.54, 1.807) is 18.2 Å². The molecule has 0 bridgehead atoms. The van der Waals surface area contributed by atoms with Crippen LogP contribution in [0.3, 0.4) is 0 Å². The number of nitrogens with zero attached hydrogens (tertiary/aromatic N) is 2. The molecule has 0 saturated heterocycles. The van der Waals surface area contributed by atoms with Crippen LogP contribution in [-0.4, -0.2) is 9.97 Å². The van der Waals surface area contributed by atoms with Gasteiger partial charge in [0.15, 0.2) is 0 Å². The molecule has 0 aliphatic carbocycles. The van der Waals surface area contributed by atoms with Crippen molar-refractivity contribution in [2.45, 2.75) is 19.8 Å². The molecule has 1 heterocycles. The monoisotopic (exact) mass is 265 g/mol. The maximum atomic E-state index is 13.6. The summed E-state index contributed by atoms with van der Waals surface area (Å²) in [6.45, 7) is 2.04. The largest absolute Gasteiger partial charge is 0.337 e. The summed E-state index contributed by atoms with van der Waals surface area (Å²) >= 11 is 6.03. The molecule has 3 nitrogen and oxygen atoms in total. The molecule has 0 fully saturated rings. The Morgan fingerprint density at radius 3 is 2.78 bits per heavy atom. The van der Waals surface area contributed by atoms with Crippen LogP contribution >= 0.6 is 11.6 Å². The van der Waals surface area contributed by atoms with Crippen LogP contribution < -0.4 is 5.32 Å². The van der Waals surface area contributed by atoms with Crippen LogP contribution in [0.15, 0.2) is 30.6 Å². The maximum absolute atomic E-state index is 13.6. The van der Waals surface area contributed by atoms with E-state index in [-0.39, 0.29) is 5.82 Å². The number of aromatic nitrogens is 2. The molecule has 0 saturated carbocycles. The van der Waals surface area contributed by atoms with Gasteiger partial charge in [0.1, 0.15) is 23.1 Å². The third-order valence-electron chi connectivity index (χ3n) is 2.52. The molecule has 0 spiro atoms. The molecular weight excluding hydrogens is 253 g/mol. The van der Waals surface area contributed by atoms with Gasteiger partial charge in [-0.2, -0.15) is 0 Å². The zero-order valence-electron chi connectivity index (χ0n) is 9.95. The summed E-state index contributed by atoms with van der Waals surface area (Å²) in [6, 6.07) is 6.44. The summed E-state index contributed by atoms with van der Waals surface area (Å²) in [7, 11) is 0. The molecule has 0 amide bonds. The predicted octanol–water partition coefficient (Wildman–Crippen LogP) is 3.97. The Balaban J connectivity index is 2.34. The first-order valence-electron chi connectivity index (χ1n) is 5.73. The van der Waals surface area contributed by atoms with Gasteiger partial charge in [-0.15, -0.1) is 0 Å². The first-order valence-corrected chi connectivity index (χ1v) is 6.11. The molecule has 1 aromatic carbocycles. The Kier molecular flexibility index (Phi) is 4.10. The lowest BCUT2D eigenvalue weighted by Gasteiger charge is -2.11. The Labute approximate surface area is 110 Å². The SMILES string of the molecule is CCCc1c(Cl)ncnc1Nc1ccccc1F. The normalized spacial score (nSPS) is 10.4. The second kappa shape index (κ2) is 5.78. The number of hydrogen-bond acceptors (Lipinski definition) is 3. The van der Waals surface area contributed by atoms with Crippen molar-refractivity contribution in [1.29, 1.82) is 0 Å². The highest BCUT2D eigenvalue weighted by atomic mass is 35.5. The lowest BCUT2D eigenvalue weighted by molar-refractivity contribution is 0.631. The lowest BCUT2D eigenvalue weighted by Crippen LogP contribution is -2.02. The molecule has 0 unspecified atom stereocenters. The highest BCUT2D eigenvalue weighted by Crippen LogP contribution is 2.25. The number of anilines is 2. The Hall–Kier alpha value is -1.68. The maximum Gasteiger partial charge on any atom is 0.146 e. The van der Waals surface area contributed by atoms with E-state index in [0.29, 0.717) is 16.7 Å². The van der Waals surface area contributed by atoms with Crippen molar-refractivity contribution in [3.8, 4) is 0 Å². The van der Waals surface area contributed by atoms with Gasteiger partial charge in [-0.1, -0.05) is 37.1 Å². The van der Waals surface area contributed by atoms with Gasteiger partial charge in [0.25, 0.3) is 0 Å². The number of nitrogens with one attached hydrogen (secondary N) is 1. The standard InChI is InChI=1S/C13H13ClFN3/c1-2-5-9-12(14)16-8-17-13(9)18-11-7-4-3-6-10(11)15/h3-4,6-8H,2,5H2,1H3,(H,16,17,18). The van der Waals surface area contributed by atoms with Crippen LogP contribution in [-0.2, 0) is 6.42 Å². The van der Waals surface area contributed by atoms with Crippen molar-refractivity contribution in [2.24, 2.45) is 0 Å². The topological polar surface area (TPSA) is 37.8 Å². The fourth-order valence-corrected chi connectivity index (χ4v) is 1.89. The third-order valence-corrected chi connectivity index (χ3v) is 2.85. The average Bonchev–Trinajstić information content (AvgIpc) is 2.36. The van der Waals surface area contributed by atoms with Gasteiger partial charge in [0.05, 0.1) is 5.69 Å². The van der Waals surface area contributed by atoms with Crippen molar-refractivity contribution < 1.29 is 4.39 Å². The smallest absolute Gasteiger partial charge is 0.146 e. The van der Waals surface area contributed by atoms with Crippen molar-refractivity contribution >= 4 is 23.1 Å². The second-order valence-electron chi connectivity index (χ2n) is 3.85. The van der Waals surface area contributed by atoms with E-state index in [4.69, 9.17) is 11.6 Å². The van der Waals surface area contributed by atoms with E-state index in [0.717, 1.165) is 18.4 Å². The summed E-state index contributed by atoms with van der Waals surface area (Å²) in [5, 5.41) is 3.36. The summed E-state index contributed by atoms with van der Waals surface area (Å²) < 4.78 is 13.6. The van der Waals surface area contributed by atoms with E-state index in [9.17, 15) is 4.39 Å². The summed E-state index contributed by atoms with van der Waals surface area (Å²) in [4.78, 5) is 8.06. The Morgan fingerprint density at radius 2 is 2.06 bits per heavy atom. The van der Waals surface area contributed by atoms with E-state index >= 15 is 0 Å². The first kappa shape index (κ1) is 12.8. The van der Waals surface area contributed by atoms with Gasteiger partial charge < -0.3 is 5.32 Å². The molecule has 1 N–H and O–H groups in total. The number of para-hydroxylation sites is 1. The minimum absolute atomic E-state index is 0.324. The van der Waals surface area contributed by atoms with E-state index in [2.05, 4.69) is 15.3 Å². The molecule has 5 heteroatoms. The van der Waals surface area contributed by atoms with Crippen LogP contribution in [0, 0.1) is 5.82 Å². The molecule has 2 aromatic rings. The molecular formula is C13H13ClFN3. The zero-order chi connectivity index (χ0) is 13.0. The Bertz CT molecular complexity index is 546. The minimum Gasteiger partial charge on any atom is -0.337 e. The Morgan fingerprint density at radius 1 is 1.28 bits per heavy atom. The molecule has 94 valence electrons. The first-order chi connectivity index (χ1) is 8.72. The number of halogens is 2. The summed E-state index contributed by atoms with van der Waals surface area (Å²) in [5.74, 6) is 0.233. The van der Waals surface area contributed by atoms with Crippen molar-refractivity contribution in [3.63, 3.8) is 0 Å². The fourth-order valence-electron chi connectivity index (χ4n) is 1.66. The molecule has 18 heavy (non-hydrogen) atoms. The summed E-state index contributed by atoms with van der Waals surface area (Å²) in [6.07, 6.45) is 3.03. The van der Waals surface area contributed by atoms with Gasteiger partial charge >= 0.3 is 0 Å². The van der Waals surface area contributed by atoms with Gasteiger partial charge in [-0.05, 0) is 18.6 Å². The minimum atomic E-state index is -0.324. The van der Waals surface area contributed by atoms with E-state index in [1.807, 2.05) is 6.92 Å². The fraction of sp³-hybridized carbons (Fsp3) is 0.231. The van der Waals surface area contributed by atoms with Crippen molar-refractivity contribution in [3.05, 3.63) is 47.1 Å². The highest BCUT2D eigenvalue weighted by Gasteiger charge is 2.10. The van der Waals surface area contributed by atoms with E-state index in [1.165, 1.54) is 12.4 Å². The summed E-state index contributed by atoms with van der Waals surface area (Å²) in [5.41, 5.74) is 1.19. The van der Waals surface area contributed by atoms with Gasteiger partial charge in [0, 0.05) is 5.56 Å². The van der Waals surface area contributed by atoms with Gasteiger partial charge in [-0.25, -0.2) is 14.4 Å². The average molecular weight is 266 g/mol. The molecule has 1 aromatic heterocycles. The molecule has 0 radical (unpaired) electrons. The molecule has 0 atom stereocenters. The van der Waals surface area contributed by atoms with Gasteiger partial charge in [0.2, 0.25) is 0 Å².